The van der Waals surface area contributed by atoms with Crippen molar-refractivity contribution in [1.82, 2.24) is 29.9 Å². The van der Waals surface area contributed by atoms with Crippen LogP contribution in [0.25, 0.3) is 27.9 Å². The van der Waals surface area contributed by atoms with Crippen LogP contribution < -0.4 is 15.0 Å². The summed E-state index contributed by atoms with van der Waals surface area (Å²) in [6.07, 6.45) is 3.53. The maximum atomic E-state index is 5.57. The molecule has 2 fully saturated rings. The fourth-order valence-electron chi connectivity index (χ4n) is 4.85. The highest BCUT2D eigenvalue weighted by atomic mass is 16.5. The van der Waals surface area contributed by atoms with E-state index < -0.39 is 0 Å². The average Bonchev–Trinajstić information content (AvgIpc) is 3.28. The smallest absolute Gasteiger partial charge is 0.197 e. The van der Waals surface area contributed by atoms with Gasteiger partial charge in [-0.15, -0.1) is 0 Å². The molecule has 2 aliphatic rings. The van der Waals surface area contributed by atoms with Crippen LogP contribution in [0, 0.1) is 5.41 Å². The Morgan fingerprint density at radius 3 is 2.73 bits per heavy atom. The van der Waals surface area contributed by atoms with Gasteiger partial charge in [0.2, 0.25) is 0 Å². The summed E-state index contributed by atoms with van der Waals surface area (Å²) in [5, 5.41) is 7.71. The first-order valence-corrected chi connectivity index (χ1v) is 10.4. The number of nitrogens with one attached hydrogen (secondary N) is 2. The monoisotopic (exact) mass is 403 g/mol. The number of aromatic amines is 1. The van der Waals surface area contributed by atoms with Gasteiger partial charge in [-0.1, -0.05) is 13.8 Å². The van der Waals surface area contributed by atoms with Crippen LogP contribution >= 0.6 is 0 Å². The second-order valence-electron chi connectivity index (χ2n) is 8.92. The summed E-state index contributed by atoms with van der Waals surface area (Å²) in [6.45, 7) is 8.86. The van der Waals surface area contributed by atoms with E-state index in [1.807, 2.05) is 12.3 Å². The van der Waals surface area contributed by atoms with Crippen molar-refractivity contribution in [1.29, 1.82) is 0 Å². The van der Waals surface area contributed by atoms with Crippen molar-refractivity contribution in [3.63, 3.8) is 0 Å². The Bertz CT molecular complexity index is 1260. The zero-order valence-electron chi connectivity index (χ0n) is 17.4. The van der Waals surface area contributed by atoms with E-state index in [-0.39, 0.29) is 0 Å². The van der Waals surface area contributed by atoms with Gasteiger partial charge in [-0.3, -0.25) is 0 Å². The molecule has 0 aliphatic carbocycles. The van der Waals surface area contributed by atoms with Crippen LogP contribution in [0.3, 0.4) is 0 Å². The maximum Gasteiger partial charge on any atom is 0.197 e. The largest absolute Gasteiger partial charge is 0.493 e. The van der Waals surface area contributed by atoms with Crippen molar-refractivity contribution < 1.29 is 4.74 Å². The van der Waals surface area contributed by atoms with Gasteiger partial charge >= 0.3 is 0 Å². The summed E-state index contributed by atoms with van der Waals surface area (Å²) in [6, 6.07) is 6.31. The number of fused-ring (bicyclic) bond motifs is 2. The van der Waals surface area contributed by atoms with Gasteiger partial charge < -0.3 is 19.9 Å². The zero-order valence-corrected chi connectivity index (χ0v) is 17.4. The van der Waals surface area contributed by atoms with Crippen molar-refractivity contribution in [3.05, 3.63) is 36.3 Å². The van der Waals surface area contributed by atoms with Gasteiger partial charge in [-0.25, -0.2) is 14.5 Å². The Morgan fingerprint density at radius 2 is 2.03 bits per heavy atom. The number of H-pyrrole nitrogens is 1. The van der Waals surface area contributed by atoms with Crippen LogP contribution in [0.1, 0.15) is 25.3 Å². The fraction of sp³-hybridized carbons (Fsp3) is 0.409. The van der Waals surface area contributed by atoms with E-state index in [9.17, 15) is 0 Å². The number of methoxy groups -OCH3 is 1. The molecule has 8 heteroatoms. The maximum absolute atomic E-state index is 5.57. The molecule has 154 valence electrons. The van der Waals surface area contributed by atoms with Crippen LogP contribution in [0.15, 0.2) is 30.7 Å². The Hall–Kier alpha value is -3.13. The summed E-state index contributed by atoms with van der Waals surface area (Å²) < 4.78 is 7.32. The topological polar surface area (TPSA) is 83.4 Å². The molecular weight excluding hydrogens is 378 g/mol. The first-order chi connectivity index (χ1) is 14.6. The number of ether oxygens (including phenoxy) is 1. The fourth-order valence-corrected chi connectivity index (χ4v) is 4.85. The van der Waals surface area contributed by atoms with Crippen LogP contribution in [-0.4, -0.2) is 57.9 Å². The molecule has 6 heterocycles. The number of nitrogens with zero attached hydrogens (tertiary/aromatic N) is 5. The molecule has 0 atom stereocenters. The van der Waals surface area contributed by atoms with Crippen molar-refractivity contribution >= 4 is 22.5 Å². The minimum atomic E-state index is 0.313. The SMILES string of the molecule is COc1cc(-c2[nH]c3ccc(N4CC5(CNC5)C4)nc3c2C(C)C)cn2ncnc12. The second-order valence-corrected chi connectivity index (χ2v) is 8.92. The molecule has 4 aromatic rings. The van der Waals surface area contributed by atoms with E-state index in [0.29, 0.717) is 22.7 Å². The molecule has 30 heavy (non-hydrogen) atoms. The van der Waals surface area contributed by atoms with E-state index >= 15 is 0 Å². The number of hydrogen-bond acceptors (Lipinski definition) is 6. The molecule has 0 bridgehead atoms. The Labute approximate surface area is 174 Å². The van der Waals surface area contributed by atoms with Crippen LogP contribution in [-0.2, 0) is 0 Å². The van der Waals surface area contributed by atoms with Gasteiger partial charge in [0.1, 0.15) is 12.1 Å². The standard InChI is InChI=1S/C22H25N7O/c1-13(2)18-19(14-6-16(30-3)21-24-12-25-29(21)7-14)26-15-4-5-17(27-20(15)18)28-10-22(11-28)8-23-9-22/h4-7,12-13,23,26H,8-11H2,1-3H3. The molecular formula is C22H25N7O. The third-order valence-corrected chi connectivity index (χ3v) is 6.47. The summed E-state index contributed by atoms with van der Waals surface area (Å²) >= 11 is 0. The van der Waals surface area contributed by atoms with Crippen molar-refractivity contribution in [3.8, 4) is 17.0 Å². The molecule has 0 aromatic carbocycles. The molecule has 2 saturated heterocycles. The molecule has 8 nitrogen and oxygen atoms in total. The highest BCUT2D eigenvalue weighted by Gasteiger charge is 2.48. The molecule has 6 rings (SSSR count). The summed E-state index contributed by atoms with van der Waals surface area (Å²) in [4.78, 5) is 15.4. The first-order valence-electron chi connectivity index (χ1n) is 10.4. The third-order valence-electron chi connectivity index (χ3n) is 6.47. The Balaban J connectivity index is 1.47. The minimum absolute atomic E-state index is 0.313. The predicted molar refractivity (Wildman–Crippen MR) is 116 cm³/mol. The van der Waals surface area contributed by atoms with E-state index in [4.69, 9.17) is 9.72 Å². The van der Waals surface area contributed by atoms with Gasteiger partial charge in [0.25, 0.3) is 0 Å². The lowest BCUT2D eigenvalue weighted by molar-refractivity contribution is 0.120. The molecule has 0 unspecified atom stereocenters. The van der Waals surface area contributed by atoms with Gasteiger partial charge in [0.05, 0.1) is 23.8 Å². The summed E-state index contributed by atoms with van der Waals surface area (Å²) in [7, 11) is 1.66. The average molecular weight is 403 g/mol. The summed E-state index contributed by atoms with van der Waals surface area (Å²) in [5.74, 6) is 2.08. The van der Waals surface area contributed by atoms with Crippen LogP contribution in [0.2, 0.25) is 0 Å². The van der Waals surface area contributed by atoms with E-state index in [0.717, 1.165) is 54.3 Å². The van der Waals surface area contributed by atoms with Crippen molar-refractivity contribution in [2.75, 3.05) is 38.2 Å². The molecule has 2 aliphatic heterocycles. The third kappa shape index (κ3) is 2.46. The molecule has 0 amide bonds. The van der Waals surface area contributed by atoms with E-state index in [1.54, 1.807) is 18.0 Å². The number of pyridine rings is 2. The van der Waals surface area contributed by atoms with Gasteiger partial charge in [0, 0.05) is 48.9 Å². The lowest BCUT2D eigenvalue weighted by atomic mass is 9.74. The van der Waals surface area contributed by atoms with Gasteiger partial charge in [0.15, 0.2) is 11.4 Å². The predicted octanol–water partition coefficient (Wildman–Crippen LogP) is 2.81. The second kappa shape index (κ2) is 6.18. The molecule has 0 saturated carbocycles. The quantitative estimate of drug-likeness (QED) is 0.545. The normalized spacial score (nSPS) is 17.7. The first kappa shape index (κ1) is 17.7. The molecule has 4 aromatic heterocycles. The van der Waals surface area contributed by atoms with Crippen molar-refractivity contribution in [2.24, 2.45) is 5.41 Å². The minimum Gasteiger partial charge on any atom is -0.493 e. The Kier molecular flexibility index (Phi) is 3.65. The number of anilines is 1. The van der Waals surface area contributed by atoms with Gasteiger partial charge in [-0.05, 0) is 24.1 Å². The highest BCUT2D eigenvalue weighted by Crippen LogP contribution is 2.40. The highest BCUT2D eigenvalue weighted by molar-refractivity contribution is 5.90. The van der Waals surface area contributed by atoms with Gasteiger partial charge in [-0.2, -0.15) is 5.10 Å². The zero-order chi connectivity index (χ0) is 20.5. The molecule has 1 spiro atoms. The van der Waals surface area contributed by atoms with Crippen LogP contribution in [0.5, 0.6) is 5.75 Å². The lowest BCUT2D eigenvalue weighted by Gasteiger charge is -2.56. The van der Waals surface area contributed by atoms with Crippen molar-refractivity contribution in [2.45, 2.75) is 19.8 Å². The number of hydrogen-bond donors (Lipinski definition) is 2. The number of aromatic nitrogens is 5. The molecule has 2 N–H and O–H groups in total. The Morgan fingerprint density at radius 1 is 1.20 bits per heavy atom. The summed E-state index contributed by atoms with van der Waals surface area (Å²) in [5.41, 5.74) is 6.57. The molecule has 0 radical (unpaired) electrons. The lowest BCUT2D eigenvalue weighted by Crippen LogP contribution is -2.71. The van der Waals surface area contributed by atoms with E-state index in [2.05, 4.69) is 51.3 Å². The number of rotatable bonds is 4. The van der Waals surface area contributed by atoms with E-state index in [1.165, 1.54) is 5.56 Å². The van der Waals surface area contributed by atoms with Crippen LogP contribution in [0.4, 0.5) is 5.82 Å².